The van der Waals surface area contributed by atoms with E-state index >= 15 is 0 Å². The Bertz CT molecular complexity index is 313. The second-order valence-electron chi connectivity index (χ2n) is 4.36. The van der Waals surface area contributed by atoms with Crippen molar-refractivity contribution in [3.63, 3.8) is 0 Å². The number of fused-ring (bicyclic) bond motifs is 1. The molecule has 2 amide bonds. The van der Waals surface area contributed by atoms with Crippen molar-refractivity contribution < 1.29 is 14.4 Å². The summed E-state index contributed by atoms with van der Waals surface area (Å²) in [5, 5.41) is 6.30. The molecule has 0 aliphatic carbocycles. The number of unbranched alkanes of at least 4 members (excludes halogenated alkanes) is 1. The van der Waals surface area contributed by atoms with E-state index in [0.717, 1.165) is 25.0 Å². The minimum Gasteiger partial charge on any atom is -0.373 e. The van der Waals surface area contributed by atoms with Gasteiger partial charge in [0.1, 0.15) is 0 Å². The van der Waals surface area contributed by atoms with Crippen LogP contribution in [0.2, 0.25) is 0 Å². The van der Waals surface area contributed by atoms with Gasteiger partial charge in [-0.1, -0.05) is 6.42 Å². The van der Waals surface area contributed by atoms with Crippen molar-refractivity contribution >= 4 is 23.8 Å². The van der Waals surface area contributed by atoms with E-state index < -0.39 is 0 Å². The molecule has 0 bridgehead atoms. The molecule has 0 aromatic heterocycles. The maximum Gasteiger partial charge on any atom is 0.324 e. The summed E-state index contributed by atoms with van der Waals surface area (Å²) in [6.07, 6.45) is 3.11. The Labute approximate surface area is 104 Å². The highest BCUT2D eigenvalue weighted by Gasteiger charge is 2.42. The van der Waals surface area contributed by atoms with Crippen LogP contribution in [0.15, 0.2) is 0 Å². The number of nitrogens with two attached hydrogens (primary N) is 1. The standard InChI is InChI=1S/C10H17N3O3S/c11-16-8(14)4-2-1-3-7-9-6(5-17-7)12-10(15)13-9/h6-7,9H,1-5,11H2,(H2,12,13,15). The maximum atomic E-state index is 11.2. The van der Waals surface area contributed by atoms with Crippen LogP contribution in [0.5, 0.6) is 0 Å². The zero-order chi connectivity index (χ0) is 12.3. The first-order chi connectivity index (χ1) is 8.20. The van der Waals surface area contributed by atoms with Gasteiger partial charge in [-0.05, 0) is 12.8 Å². The van der Waals surface area contributed by atoms with Gasteiger partial charge < -0.3 is 15.5 Å². The molecule has 17 heavy (non-hydrogen) atoms. The molecule has 96 valence electrons. The van der Waals surface area contributed by atoms with Crippen molar-refractivity contribution in [2.24, 2.45) is 5.90 Å². The summed E-state index contributed by atoms with van der Waals surface area (Å²) in [5.74, 6) is 5.36. The molecule has 0 radical (unpaired) electrons. The van der Waals surface area contributed by atoms with Crippen LogP contribution in [0.1, 0.15) is 25.7 Å². The second-order valence-corrected chi connectivity index (χ2v) is 5.63. The van der Waals surface area contributed by atoms with E-state index in [1.807, 2.05) is 11.8 Å². The Morgan fingerprint density at radius 1 is 1.47 bits per heavy atom. The molecule has 0 saturated carbocycles. The lowest BCUT2D eigenvalue weighted by Gasteiger charge is -2.16. The lowest BCUT2D eigenvalue weighted by molar-refractivity contribution is -0.144. The lowest BCUT2D eigenvalue weighted by Crippen LogP contribution is -2.36. The van der Waals surface area contributed by atoms with Gasteiger partial charge in [-0.25, -0.2) is 4.79 Å². The van der Waals surface area contributed by atoms with Crippen LogP contribution in [-0.4, -0.2) is 35.1 Å². The Kier molecular flexibility index (Phi) is 4.11. The van der Waals surface area contributed by atoms with E-state index in [9.17, 15) is 9.59 Å². The molecule has 3 unspecified atom stereocenters. The number of hydrogen-bond acceptors (Lipinski definition) is 5. The molecule has 2 saturated heterocycles. The third-order valence-electron chi connectivity index (χ3n) is 3.19. The zero-order valence-electron chi connectivity index (χ0n) is 9.48. The van der Waals surface area contributed by atoms with Gasteiger partial charge in [0.2, 0.25) is 0 Å². The first-order valence-corrected chi connectivity index (χ1v) is 6.84. The van der Waals surface area contributed by atoms with Crippen LogP contribution >= 0.6 is 11.8 Å². The van der Waals surface area contributed by atoms with Crippen LogP contribution < -0.4 is 16.5 Å². The molecule has 6 nitrogen and oxygen atoms in total. The van der Waals surface area contributed by atoms with Gasteiger partial charge in [0.15, 0.2) is 0 Å². The predicted octanol–water partition coefficient (Wildman–Crippen LogP) is 0.129. The first kappa shape index (κ1) is 12.5. The highest BCUT2D eigenvalue weighted by atomic mass is 32.2. The minimum atomic E-state index is -0.363. The molecule has 0 spiro atoms. The fourth-order valence-electron chi connectivity index (χ4n) is 2.32. The monoisotopic (exact) mass is 259 g/mol. The van der Waals surface area contributed by atoms with Crippen LogP contribution in [0.25, 0.3) is 0 Å². The summed E-state index contributed by atoms with van der Waals surface area (Å²) in [6, 6.07) is 0.456. The average Bonchev–Trinajstić information content (AvgIpc) is 2.84. The number of carbonyl (C=O) groups excluding carboxylic acids is 2. The summed E-state index contributed by atoms with van der Waals surface area (Å²) >= 11 is 1.88. The van der Waals surface area contributed by atoms with E-state index in [4.69, 9.17) is 5.90 Å². The minimum absolute atomic E-state index is 0.0583. The Hall–Kier alpha value is -0.950. The van der Waals surface area contributed by atoms with E-state index in [2.05, 4.69) is 15.5 Å². The van der Waals surface area contributed by atoms with Gasteiger partial charge in [0, 0.05) is 17.4 Å². The smallest absolute Gasteiger partial charge is 0.324 e. The van der Waals surface area contributed by atoms with E-state index in [0.29, 0.717) is 11.7 Å². The third kappa shape index (κ3) is 3.04. The van der Waals surface area contributed by atoms with E-state index in [1.54, 1.807) is 0 Å². The summed E-state index contributed by atoms with van der Waals surface area (Å²) in [7, 11) is 0. The Morgan fingerprint density at radius 2 is 2.29 bits per heavy atom. The van der Waals surface area contributed by atoms with Crippen molar-refractivity contribution in [1.82, 2.24) is 10.6 Å². The van der Waals surface area contributed by atoms with Gasteiger partial charge >= 0.3 is 12.0 Å². The first-order valence-electron chi connectivity index (χ1n) is 5.79. The molecule has 2 aliphatic heterocycles. The van der Waals surface area contributed by atoms with Crippen LogP contribution in [0, 0.1) is 0 Å². The molecule has 7 heteroatoms. The normalized spacial score (nSPS) is 30.6. The summed E-state index contributed by atoms with van der Waals surface area (Å²) < 4.78 is 0. The summed E-state index contributed by atoms with van der Waals surface area (Å²) in [4.78, 5) is 26.1. The number of urea groups is 1. The maximum absolute atomic E-state index is 11.2. The fourth-order valence-corrected chi connectivity index (χ4v) is 3.86. The Balaban J connectivity index is 1.66. The lowest BCUT2D eigenvalue weighted by atomic mass is 10.0. The molecule has 3 atom stereocenters. The highest BCUT2D eigenvalue weighted by Crippen LogP contribution is 2.33. The molecular formula is C10H17N3O3S. The Morgan fingerprint density at radius 3 is 3.06 bits per heavy atom. The molecular weight excluding hydrogens is 242 g/mol. The molecule has 2 aliphatic rings. The number of hydrogen-bond donors (Lipinski definition) is 3. The molecule has 2 rings (SSSR count). The number of rotatable bonds is 5. The van der Waals surface area contributed by atoms with Gasteiger partial charge in [-0.15, -0.1) is 0 Å². The molecule has 4 N–H and O–H groups in total. The topological polar surface area (TPSA) is 93.4 Å². The summed E-state index contributed by atoms with van der Waals surface area (Å²) in [5.41, 5.74) is 0. The van der Waals surface area contributed by atoms with E-state index in [1.165, 1.54) is 0 Å². The van der Waals surface area contributed by atoms with E-state index in [-0.39, 0.29) is 24.1 Å². The van der Waals surface area contributed by atoms with Gasteiger partial charge in [-0.2, -0.15) is 17.7 Å². The summed E-state index contributed by atoms with van der Waals surface area (Å²) in [6.45, 7) is 0. The molecule has 0 aromatic rings. The van der Waals surface area contributed by atoms with Gasteiger partial charge in [0.25, 0.3) is 0 Å². The number of carbonyl (C=O) groups is 2. The van der Waals surface area contributed by atoms with Crippen molar-refractivity contribution in [3.8, 4) is 0 Å². The number of amides is 2. The zero-order valence-corrected chi connectivity index (χ0v) is 10.3. The van der Waals surface area contributed by atoms with Crippen LogP contribution in [0.3, 0.4) is 0 Å². The fraction of sp³-hybridized carbons (Fsp3) is 0.800. The quantitative estimate of drug-likeness (QED) is 0.371. The van der Waals surface area contributed by atoms with Crippen molar-refractivity contribution in [2.75, 3.05) is 5.75 Å². The highest BCUT2D eigenvalue weighted by molar-refractivity contribution is 8.00. The van der Waals surface area contributed by atoms with Crippen molar-refractivity contribution in [3.05, 3.63) is 0 Å². The number of thioether (sulfide) groups is 1. The van der Waals surface area contributed by atoms with Gasteiger partial charge in [0.05, 0.1) is 12.1 Å². The molecule has 2 heterocycles. The average molecular weight is 259 g/mol. The van der Waals surface area contributed by atoms with Gasteiger partial charge in [-0.3, -0.25) is 4.79 Å². The predicted molar refractivity (Wildman–Crippen MR) is 64.2 cm³/mol. The van der Waals surface area contributed by atoms with Crippen molar-refractivity contribution in [1.29, 1.82) is 0 Å². The SMILES string of the molecule is NOC(=O)CCCCC1SCC2NC(=O)NC21. The largest absolute Gasteiger partial charge is 0.373 e. The van der Waals surface area contributed by atoms with Crippen LogP contribution in [0.4, 0.5) is 4.79 Å². The second kappa shape index (κ2) is 5.59. The third-order valence-corrected chi connectivity index (χ3v) is 4.70. The van der Waals surface area contributed by atoms with Crippen molar-refractivity contribution in [2.45, 2.75) is 43.0 Å². The molecule has 0 aromatic carbocycles. The van der Waals surface area contributed by atoms with Crippen LogP contribution in [-0.2, 0) is 9.63 Å². The number of nitrogens with one attached hydrogen (secondary N) is 2. The molecule has 2 fully saturated rings.